The van der Waals surface area contributed by atoms with Gasteiger partial charge in [0, 0.05) is 11.6 Å². The van der Waals surface area contributed by atoms with E-state index < -0.39 is 6.10 Å². The predicted molar refractivity (Wildman–Crippen MR) is 69.1 cm³/mol. The van der Waals surface area contributed by atoms with Crippen molar-refractivity contribution in [3.8, 4) is 0 Å². The Kier molecular flexibility index (Phi) is 3.42. The third-order valence-corrected chi connectivity index (χ3v) is 3.48. The molecule has 2 saturated carbocycles. The Hall–Kier alpha value is -1.91. The van der Waals surface area contributed by atoms with Gasteiger partial charge >= 0.3 is 5.97 Å². The van der Waals surface area contributed by atoms with E-state index in [0.29, 0.717) is 5.56 Å². The third-order valence-electron chi connectivity index (χ3n) is 3.48. The van der Waals surface area contributed by atoms with Gasteiger partial charge in [-0.25, -0.2) is 4.39 Å². The predicted octanol–water partition coefficient (Wildman–Crippen LogP) is 2.10. The lowest BCUT2D eigenvalue weighted by molar-refractivity contribution is -0.157. The van der Waals surface area contributed by atoms with E-state index in [2.05, 4.69) is 5.32 Å². The summed E-state index contributed by atoms with van der Waals surface area (Å²) in [6.07, 6.45) is 2.57. The number of benzene rings is 1. The fraction of sp³-hybridized carbons (Fsp3) is 0.467. The number of carbonyl (C=O) groups is 2. The summed E-state index contributed by atoms with van der Waals surface area (Å²) in [6.45, 7) is 0. The second kappa shape index (κ2) is 5.23. The number of ether oxygens (including phenoxy) is 1. The first-order chi connectivity index (χ1) is 9.63. The van der Waals surface area contributed by atoms with Crippen LogP contribution >= 0.6 is 0 Å². The molecule has 0 heterocycles. The van der Waals surface area contributed by atoms with Gasteiger partial charge in [0.2, 0.25) is 6.10 Å². The summed E-state index contributed by atoms with van der Waals surface area (Å²) in [6, 6.07) is 5.67. The molecule has 1 amide bonds. The monoisotopic (exact) mass is 277 g/mol. The van der Waals surface area contributed by atoms with Crippen molar-refractivity contribution in [1.29, 1.82) is 0 Å². The summed E-state index contributed by atoms with van der Waals surface area (Å²) in [5, 5.41) is 2.82. The minimum Gasteiger partial charge on any atom is -0.447 e. The van der Waals surface area contributed by atoms with Crippen molar-refractivity contribution in [2.24, 2.45) is 5.92 Å². The van der Waals surface area contributed by atoms with E-state index in [9.17, 15) is 14.0 Å². The van der Waals surface area contributed by atoms with Crippen LogP contribution in [0.25, 0.3) is 0 Å². The molecular formula is C15H16FNO3. The molecule has 1 N–H and O–H groups in total. The summed E-state index contributed by atoms with van der Waals surface area (Å²) in [5.74, 6) is -1.13. The number of hydrogen-bond donors (Lipinski definition) is 1. The molecule has 106 valence electrons. The van der Waals surface area contributed by atoms with Crippen molar-refractivity contribution in [2.75, 3.05) is 0 Å². The van der Waals surface area contributed by atoms with Gasteiger partial charge in [0.05, 0.1) is 5.92 Å². The quantitative estimate of drug-likeness (QED) is 0.839. The summed E-state index contributed by atoms with van der Waals surface area (Å²) < 4.78 is 18.3. The lowest BCUT2D eigenvalue weighted by Crippen LogP contribution is -2.33. The van der Waals surface area contributed by atoms with Gasteiger partial charge in [-0.3, -0.25) is 9.59 Å². The van der Waals surface area contributed by atoms with E-state index >= 15 is 0 Å². The highest BCUT2D eigenvalue weighted by Gasteiger charge is 2.36. The zero-order chi connectivity index (χ0) is 14.1. The zero-order valence-corrected chi connectivity index (χ0v) is 11.0. The van der Waals surface area contributed by atoms with Gasteiger partial charge in [-0.15, -0.1) is 0 Å². The maximum Gasteiger partial charge on any atom is 0.310 e. The topological polar surface area (TPSA) is 55.4 Å². The SMILES string of the molecule is O=C(OC(C(=O)NC1CC1)c1ccc(F)cc1)C1CC1. The Morgan fingerprint density at radius 1 is 1.15 bits per heavy atom. The molecule has 2 fully saturated rings. The summed E-state index contributed by atoms with van der Waals surface area (Å²) in [5.41, 5.74) is 0.499. The molecule has 0 aromatic heterocycles. The number of nitrogens with one attached hydrogen (secondary N) is 1. The molecular weight excluding hydrogens is 261 g/mol. The molecule has 1 aromatic carbocycles. The van der Waals surface area contributed by atoms with Gasteiger partial charge in [0.1, 0.15) is 5.82 Å². The Labute approximate surface area is 116 Å². The highest BCUT2D eigenvalue weighted by atomic mass is 19.1. The average molecular weight is 277 g/mol. The maximum atomic E-state index is 13.0. The van der Waals surface area contributed by atoms with Gasteiger partial charge in [-0.2, -0.15) is 0 Å². The molecule has 1 aromatic rings. The standard InChI is InChI=1S/C15H16FNO3/c16-11-5-3-9(4-6-11)13(14(18)17-12-7-8-12)20-15(19)10-1-2-10/h3-6,10,12-13H,1-2,7-8H2,(H,17,18). The van der Waals surface area contributed by atoms with Crippen LogP contribution < -0.4 is 5.32 Å². The summed E-state index contributed by atoms with van der Waals surface area (Å²) >= 11 is 0. The number of halogens is 1. The van der Waals surface area contributed by atoms with Crippen molar-refractivity contribution < 1.29 is 18.7 Å². The van der Waals surface area contributed by atoms with Crippen LogP contribution in [0.2, 0.25) is 0 Å². The molecule has 3 rings (SSSR count). The fourth-order valence-electron chi connectivity index (χ4n) is 1.95. The third kappa shape index (κ3) is 3.15. The number of amides is 1. The van der Waals surface area contributed by atoms with E-state index in [-0.39, 0.29) is 29.7 Å². The van der Waals surface area contributed by atoms with Gasteiger partial charge in [0.15, 0.2) is 0 Å². The number of carbonyl (C=O) groups excluding carboxylic acids is 2. The maximum absolute atomic E-state index is 13.0. The van der Waals surface area contributed by atoms with Crippen LogP contribution in [0.15, 0.2) is 24.3 Å². The molecule has 1 unspecified atom stereocenters. The van der Waals surface area contributed by atoms with E-state index in [0.717, 1.165) is 25.7 Å². The van der Waals surface area contributed by atoms with Crippen LogP contribution in [0.1, 0.15) is 37.4 Å². The zero-order valence-electron chi connectivity index (χ0n) is 11.0. The summed E-state index contributed by atoms with van der Waals surface area (Å²) in [7, 11) is 0. The first kappa shape index (κ1) is 13.1. The smallest absolute Gasteiger partial charge is 0.310 e. The molecule has 0 radical (unpaired) electrons. The minimum absolute atomic E-state index is 0.0772. The van der Waals surface area contributed by atoms with Crippen molar-refractivity contribution >= 4 is 11.9 Å². The Bertz CT molecular complexity index is 520. The van der Waals surface area contributed by atoms with Crippen LogP contribution in [0.5, 0.6) is 0 Å². The van der Waals surface area contributed by atoms with Gasteiger partial charge in [-0.1, -0.05) is 12.1 Å². The van der Waals surface area contributed by atoms with Gasteiger partial charge in [-0.05, 0) is 37.8 Å². The van der Waals surface area contributed by atoms with Crippen molar-refractivity contribution in [3.05, 3.63) is 35.6 Å². The van der Waals surface area contributed by atoms with Crippen LogP contribution in [0.3, 0.4) is 0 Å². The fourth-order valence-corrected chi connectivity index (χ4v) is 1.95. The Morgan fingerprint density at radius 3 is 2.35 bits per heavy atom. The molecule has 0 bridgehead atoms. The molecule has 1 atom stereocenters. The van der Waals surface area contributed by atoms with E-state index in [4.69, 9.17) is 4.74 Å². The molecule has 2 aliphatic rings. The highest BCUT2D eigenvalue weighted by Crippen LogP contribution is 2.33. The van der Waals surface area contributed by atoms with Crippen molar-refractivity contribution in [1.82, 2.24) is 5.32 Å². The first-order valence-corrected chi connectivity index (χ1v) is 6.90. The van der Waals surface area contributed by atoms with Crippen LogP contribution in [0, 0.1) is 11.7 Å². The number of hydrogen-bond acceptors (Lipinski definition) is 3. The lowest BCUT2D eigenvalue weighted by atomic mass is 10.1. The Balaban J connectivity index is 1.75. The molecule has 0 saturated heterocycles. The number of rotatable bonds is 5. The second-order valence-electron chi connectivity index (χ2n) is 5.43. The van der Waals surface area contributed by atoms with Crippen molar-refractivity contribution in [2.45, 2.75) is 37.8 Å². The van der Waals surface area contributed by atoms with Gasteiger partial charge in [0.25, 0.3) is 5.91 Å². The van der Waals surface area contributed by atoms with Crippen LogP contribution in [0.4, 0.5) is 4.39 Å². The largest absolute Gasteiger partial charge is 0.447 e. The molecule has 2 aliphatic carbocycles. The summed E-state index contributed by atoms with van der Waals surface area (Å²) in [4.78, 5) is 24.0. The molecule has 4 nitrogen and oxygen atoms in total. The highest BCUT2D eigenvalue weighted by molar-refractivity contribution is 5.86. The van der Waals surface area contributed by atoms with E-state index in [1.54, 1.807) is 0 Å². The second-order valence-corrected chi connectivity index (χ2v) is 5.43. The van der Waals surface area contributed by atoms with E-state index in [1.165, 1.54) is 24.3 Å². The molecule has 5 heteroatoms. The molecule has 20 heavy (non-hydrogen) atoms. The normalized spacial score (nSPS) is 19.2. The van der Waals surface area contributed by atoms with Crippen LogP contribution in [-0.2, 0) is 14.3 Å². The lowest BCUT2D eigenvalue weighted by Gasteiger charge is -2.18. The van der Waals surface area contributed by atoms with Gasteiger partial charge < -0.3 is 10.1 Å². The average Bonchev–Trinajstić information content (AvgIpc) is 3.28. The minimum atomic E-state index is -0.982. The number of esters is 1. The Morgan fingerprint density at radius 2 is 1.80 bits per heavy atom. The molecule has 0 aliphatic heterocycles. The first-order valence-electron chi connectivity index (χ1n) is 6.90. The van der Waals surface area contributed by atoms with Crippen LogP contribution in [-0.4, -0.2) is 17.9 Å². The van der Waals surface area contributed by atoms with E-state index in [1.807, 2.05) is 0 Å². The molecule has 0 spiro atoms. The van der Waals surface area contributed by atoms with Crippen molar-refractivity contribution in [3.63, 3.8) is 0 Å².